The van der Waals surface area contributed by atoms with Crippen LogP contribution < -0.4 is 10.5 Å². The molecule has 1 aliphatic carbocycles. The minimum Gasteiger partial charge on any atom is -0.456 e. The number of ketones is 1. The highest BCUT2D eigenvalue weighted by Crippen LogP contribution is 2.59. The van der Waals surface area contributed by atoms with Crippen LogP contribution in [0.4, 0.5) is 28.6 Å². The molecule has 0 unspecified atom stereocenters. The molecule has 3 atom stereocenters. The van der Waals surface area contributed by atoms with E-state index in [9.17, 15) is 37.1 Å². The van der Waals surface area contributed by atoms with Crippen molar-refractivity contribution in [3.8, 4) is 16.8 Å². The molecule has 0 bridgehead atoms. The zero-order valence-corrected chi connectivity index (χ0v) is 32.0. The van der Waals surface area contributed by atoms with Gasteiger partial charge in [-0.15, -0.1) is 5.10 Å². The molecular weight excluding hydrogens is 777 g/mol. The Morgan fingerprint density at radius 3 is 2.26 bits per heavy atom. The van der Waals surface area contributed by atoms with E-state index in [0.29, 0.717) is 28.1 Å². The van der Waals surface area contributed by atoms with E-state index in [1.807, 2.05) is 0 Å². The zero-order valence-electron chi connectivity index (χ0n) is 31.2. The van der Waals surface area contributed by atoms with Crippen LogP contribution in [0.15, 0.2) is 64.0 Å². The summed E-state index contributed by atoms with van der Waals surface area (Å²) in [6.45, 7) is 9.03. The molecule has 0 spiro atoms. The highest BCUT2D eigenvalue weighted by Gasteiger charge is 2.56. The summed E-state index contributed by atoms with van der Waals surface area (Å²) in [6, 6.07) is 10.4. The van der Waals surface area contributed by atoms with Gasteiger partial charge in [0.1, 0.15) is 17.2 Å². The van der Waals surface area contributed by atoms with E-state index in [1.54, 1.807) is 47.6 Å². The monoisotopic (exact) mass is 810 g/mol. The van der Waals surface area contributed by atoms with Gasteiger partial charge in [0.05, 0.1) is 17.3 Å². The Kier molecular flexibility index (Phi) is 9.53. The van der Waals surface area contributed by atoms with Gasteiger partial charge in [-0.05, 0) is 95.8 Å². The minimum atomic E-state index is -4.72. The first-order chi connectivity index (χ1) is 26.6. The second-order valence-electron chi connectivity index (χ2n) is 15.6. The second-order valence-corrected chi connectivity index (χ2v) is 16.0. The maximum atomic E-state index is 13.6. The lowest BCUT2D eigenvalue weighted by Crippen LogP contribution is -2.44. The Labute approximate surface area is 326 Å². The molecule has 0 N–H and O–H groups in total. The van der Waals surface area contributed by atoms with Crippen molar-refractivity contribution in [2.45, 2.75) is 77.3 Å². The van der Waals surface area contributed by atoms with E-state index >= 15 is 0 Å². The number of pyridine rings is 1. The predicted octanol–water partition coefficient (Wildman–Crippen LogP) is 7.67. The third-order valence-corrected chi connectivity index (χ3v) is 9.26. The molecule has 1 fully saturated rings. The lowest BCUT2D eigenvalue weighted by atomic mass is 10.0. The standard InChI is InChI=1S/C38H34ClF3N6O9/c1-36(2,3)55-34(52)48(35(53)56-37(4,5)6)32-21-9-7-18(12-28(21)57-44-32)27(49)17-54-33(51)31-24-15-23(24)26-11-19(13-30(50)47(26)31)22-14-20(39)8-10-25(22)46-16-29(43-45-46)38(40,41)42/h7-14,16,23-24,31H,15,17H2,1-6H3/t23-,24+,31+/m1/s1. The van der Waals surface area contributed by atoms with Crippen LogP contribution in [0.5, 0.6) is 0 Å². The van der Waals surface area contributed by atoms with E-state index in [0.717, 1.165) is 10.9 Å². The van der Waals surface area contributed by atoms with Gasteiger partial charge < -0.3 is 18.7 Å². The van der Waals surface area contributed by atoms with Crippen molar-refractivity contribution in [1.29, 1.82) is 0 Å². The average Bonchev–Trinajstić information content (AvgIpc) is 3.39. The second kappa shape index (κ2) is 13.9. The molecular formula is C38H34ClF3N6O9. The van der Waals surface area contributed by atoms with Crippen LogP contribution >= 0.6 is 11.6 Å². The molecule has 2 amide bonds. The molecule has 57 heavy (non-hydrogen) atoms. The number of carbonyl (C=O) groups is 4. The molecule has 7 rings (SSSR count). The number of amides is 2. The summed E-state index contributed by atoms with van der Waals surface area (Å²) in [4.78, 5) is 67.2. The van der Waals surface area contributed by atoms with E-state index < -0.39 is 65.2 Å². The maximum absolute atomic E-state index is 13.6. The highest BCUT2D eigenvalue weighted by molar-refractivity contribution is 6.31. The van der Waals surface area contributed by atoms with Crippen LogP contribution in [0.25, 0.3) is 27.8 Å². The quantitative estimate of drug-likeness (QED) is 0.0892. The number of hydrogen-bond acceptors (Lipinski definition) is 12. The number of benzene rings is 2. The number of aromatic nitrogens is 5. The van der Waals surface area contributed by atoms with Crippen molar-refractivity contribution < 1.29 is 51.1 Å². The molecule has 0 saturated heterocycles. The van der Waals surface area contributed by atoms with Gasteiger partial charge in [-0.2, -0.15) is 18.1 Å². The summed E-state index contributed by atoms with van der Waals surface area (Å²) in [5.74, 6) is -2.11. The lowest BCUT2D eigenvalue weighted by Gasteiger charge is -2.27. The van der Waals surface area contributed by atoms with Crippen molar-refractivity contribution in [1.82, 2.24) is 24.7 Å². The molecule has 3 aromatic heterocycles. The molecule has 298 valence electrons. The SMILES string of the molecule is CC(C)(C)OC(=O)N(C(=O)OC(C)(C)C)c1noc2cc(C(=O)COC(=O)[C@@H]3[C@H]4C[C@H]4c4cc(-c5cc(Cl)ccc5-n5cc(C(F)(F)F)nn5)cc(=O)n43)ccc12. The number of hydrogen-bond donors (Lipinski definition) is 0. The fourth-order valence-corrected chi connectivity index (χ4v) is 6.76. The Hall–Kier alpha value is -6.04. The van der Waals surface area contributed by atoms with Crippen LogP contribution in [-0.2, 0) is 25.2 Å². The summed E-state index contributed by atoms with van der Waals surface area (Å²) in [6.07, 6.45) is -5.57. The predicted molar refractivity (Wildman–Crippen MR) is 195 cm³/mol. The molecule has 2 aliphatic rings. The summed E-state index contributed by atoms with van der Waals surface area (Å²) >= 11 is 6.26. The van der Waals surface area contributed by atoms with Gasteiger partial charge in [-0.3, -0.25) is 14.2 Å². The van der Waals surface area contributed by atoms with E-state index in [-0.39, 0.29) is 44.9 Å². The number of imide groups is 1. The number of rotatable bonds is 7. The first-order valence-corrected chi connectivity index (χ1v) is 17.9. The van der Waals surface area contributed by atoms with Crippen LogP contribution in [-0.4, -0.2) is 66.5 Å². The minimum absolute atomic E-state index is 0.0275. The van der Waals surface area contributed by atoms with Crippen molar-refractivity contribution in [3.05, 3.63) is 87.1 Å². The van der Waals surface area contributed by atoms with Crippen LogP contribution in [0.1, 0.15) is 81.7 Å². The first-order valence-electron chi connectivity index (χ1n) is 17.5. The molecule has 2 aromatic carbocycles. The largest absolute Gasteiger partial charge is 0.456 e. The Balaban J connectivity index is 1.09. The maximum Gasteiger partial charge on any atom is 0.436 e. The number of alkyl halides is 3. The molecule has 4 heterocycles. The Bertz CT molecular complexity index is 2500. The topological polar surface area (TPSA) is 178 Å². The molecule has 5 aromatic rings. The molecule has 1 aliphatic heterocycles. The van der Waals surface area contributed by atoms with E-state index in [1.165, 1.54) is 47.0 Å². The Morgan fingerprint density at radius 2 is 1.63 bits per heavy atom. The van der Waals surface area contributed by atoms with Gasteiger partial charge in [0.25, 0.3) is 5.56 Å². The third kappa shape index (κ3) is 7.85. The van der Waals surface area contributed by atoms with Gasteiger partial charge in [-0.1, -0.05) is 28.0 Å². The number of Topliss-reactive ketones (excluding diaryl/α,β-unsaturated/α-hetero) is 1. The Morgan fingerprint density at radius 1 is 0.947 bits per heavy atom. The summed E-state index contributed by atoms with van der Waals surface area (Å²) < 4.78 is 63.7. The van der Waals surface area contributed by atoms with Gasteiger partial charge in [0, 0.05) is 33.8 Å². The smallest absolute Gasteiger partial charge is 0.436 e. The first kappa shape index (κ1) is 39.2. The zero-order chi connectivity index (χ0) is 41.4. The number of esters is 1. The normalized spacial score (nSPS) is 17.5. The number of fused-ring (bicyclic) bond motifs is 4. The summed E-state index contributed by atoms with van der Waals surface area (Å²) in [7, 11) is 0. The number of nitrogens with zero attached hydrogens (tertiary/aromatic N) is 6. The van der Waals surface area contributed by atoms with Crippen LogP contribution in [0.3, 0.4) is 0 Å². The van der Waals surface area contributed by atoms with Gasteiger partial charge in [0.2, 0.25) is 0 Å². The van der Waals surface area contributed by atoms with Gasteiger partial charge in [0.15, 0.2) is 29.5 Å². The van der Waals surface area contributed by atoms with E-state index in [4.69, 9.17) is 30.3 Å². The molecule has 1 saturated carbocycles. The van der Waals surface area contributed by atoms with Crippen LogP contribution in [0.2, 0.25) is 5.02 Å². The van der Waals surface area contributed by atoms with Crippen molar-refractivity contribution in [2.24, 2.45) is 5.92 Å². The average molecular weight is 811 g/mol. The third-order valence-electron chi connectivity index (χ3n) is 9.03. The number of halogens is 4. The van der Waals surface area contributed by atoms with Gasteiger partial charge in [-0.25, -0.2) is 19.1 Å². The summed E-state index contributed by atoms with van der Waals surface area (Å²) in [5.41, 5.74) is -2.26. The van der Waals surface area contributed by atoms with Gasteiger partial charge >= 0.3 is 24.3 Å². The lowest BCUT2D eigenvalue weighted by molar-refractivity contribution is -0.147. The van der Waals surface area contributed by atoms with Crippen molar-refractivity contribution in [3.63, 3.8) is 0 Å². The summed E-state index contributed by atoms with van der Waals surface area (Å²) in [5, 5.41) is 11.2. The molecule has 0 radical (unpaired) electrons. The van der Waals surface area contributed by atoms with Crippen LogP contribution in [0, 0.1) is 5.92 Å². The molecule has 19 heteroatoms. The molecule has 15 nitrogen and oxygen atoms in total. The van der Waals surface area contributed by atoms with E-state index in [2.05, 4.69) is 15.5 Å². The highest BCUT2D eigenvalue weighted by atomic mass is 35.5. The van der Waals surface area contributed by atoms with Crippen molar-refractivity contribution >= 4 is 52.3 Å². The fourth-order valence-electron chi connectivity index (χ4n) is 6.59. The fraction of sp³-hybridized carbons (Fsp3) is 0.368. The number of ether oxygens (including phenoxy) is 3. The number of anilines is 1. The van der Waals surface area contributed by atoms with Crippen molar-refractivity contribution in [2.75, 3.05) is 11.5 Å². The number of carbonyl (C=O) groups excluding carboxylic acids is 4.